The molecule has 0 amide bonds. The van der Waals surface area contributed by atoms with Crippen molar-refractivity contribution in [3.63, 3.8) is 0 Å². The van der Waals surface area contributed by atoms with E-state index in [0.29, 0.717) is 22.8 Å². The van der Waals surface area contributed by atoms with Gasteiger partial charge in [-0.15, -0.1) is 4.59 Å². The molecule has 1 atom stereocenters. The third-order valence-corrected chi connectivity index (χ3v) is 6.43. The average Bonchev–Trinajstić information content (AvgIpc) is 3.06. The molecule has 1 saturated carbocycles. The molecular weight excluding hydrogens is 389 g/mol. The molecule has 2 N–H and O–H groups in total. The molecule has 31 heavy (non-hydrogen) atoms. The Bertz CT molecular complexity index is 1330. The number of rotatable bonds is 3. The van der Waals surface area contributed by atoms with E-state index in [1.54, 1.807) is 24.7 Å². The minimum absolute atomic E-state index is 0.157. The summed E-state index contributed by atoms with van der Waals surface area (Å²) < 4.78 is 15.7. The molecule has 1 aliphatic carbocycles. The molecule has 0 saturated heterocycles. The normalized spacial score (nSPS) is 22.6. The lowest BCUT2D eigenvalue weighted by molar-refractivity contribution is -0.750. The fourth-order valence-corrected chi connectivity index (χ4v) is 4.47. The molecule has 2 aliphatic heterocycles. The monoisotopic (exact) mass is 410 g/mol. The Kier molecular flexibility index (Phi) is 4.00. The van der Waals surface area contributed by atoms with E-state index in [0.717, 1.165) is 40.9 Å². The van der Waals surface area contributed by atoms with Crippen LogP contribution in [0.2, 0.25) is 0 Å². The second-order valence-electron chi connectivity index (χ2n) is 8.25. The van der Waals surface area contributed by atoms with Crippen LogP contribution >= 0.6 is 0 Å². The molecule has 1 unspecified atom stereocenters. The van der Waals surface area contributed by atoms with Crippen molar-refractivity contribution in [2.24, 2.45) is 21.7 Å². The maximum atomic E-state index is 15.9. The molecule has 6 heteroatoms. The Morgan fingerprint density at radius 3 is 2.58 bits per heavy atom. The van der Waals surface area contributed by atoms with E-state index < -0.39 is 5.82 Å². The maximum absolute atomic E-state index is 15.9. The van der Waals surface area contributed by atoms with Gasteiger partial charge in [0.25, 0.3) is 5.84 Å². The number of pyridine rings is 1. The van der Waals surface area contributed by atoms with Gasteiger partial charge in [-0.2, -0.15) is 10.8 Å². The standard InChI is InChI=1S/C25H21FN5/c26-22-19(11-9-18-10-12-20(29-24(18)22)16-5-2-1-3-6-16)25-30-23(17-7-4-8-17)21-15-28-13-14-31(21,25)27/h1-3,5-6,9-15,17H,4,7-8,27H2/q+1. The van der Waals surface area contributed by atoms with Crippen LogP contribution in [0.5, 0.6) is 0 Å². The highest BCUT2D eigenvalue weighted by molar-refractivity contribution is 6.03. The van der Waals surface area contributed by atoms with Crippen LogP contribution in [-0.4, -0.2) is 21.6 Å². The van der Waals surface area contributed by atoms with E-state index >= 15 is 4.39 Å². The van der Waals surface area contributed by atoms with Gasteiger partial charge < -0.3 is 0 Å². The van der Waals surface area contributed by atoms with Crippen LogP contribution in [0.15, 0.2) is 88.4 Å². The van der Waals surface area contributed by atoms with Crippen LogP contribution in [0.1, 0.15) is 24.8 Å². The van der Waals surface area contributed by atoms with Gasteiger partial charge in [-0.05, 0) is 25.0 Å². The first-order valence-corrected chi connectivity index (χ1v) is 10.5. The molecule has 1 aromatic heterocycles. The highest BCUT2D eigenvalue weighted by atomic mass is 19.1. The zero-order valence-electron chi connectivity index (χ0n) is 16.9. The van der Waals surface area contributed by atoms with Crippen molar-refractivity contribution in [2.75, 3.05) is 0 Å². The molecule has 5 nitrogen and oxygen atoms in total. The van der Waals surface area contributed by atoms with Gasteiger partial charge in [-0.1, -0.05) is 48.9 Å². The van der Waals surface area contributed by atoms with Crippen molar-refractivity contribution in [3.05, 3.63) is 89.8 Å². The van der Waals surface area contributed by atoms with Crippen LogP contribution in [0, 0.1) is 11.7 Å². The third kappa shape index (κ3) is 2.72. The van der Waals surface area contributed by atoms with Crippen molar-refractivity contribution in [1.82, 2.24) is 4.98 Å². The van der Waals surface area contributed by atoms with E-state index in [1.807, 2.05) is 48.5 Å². The highest BCUT2D eigenvalue weighted by Crippen LogP contribution is 2.42. The average molecular weight is 410 g/mol. The van der Waals surface area contributed by atoms with Crippen LogP contribution in [-0.2, 0) is 0 Å². The molecule has 1 fully saturated rings. The number of nitrogens with zero attached hydrogens (tertiary/aromatic N) is 4. The molecule has 3 aromatic rings. The van der Waals surface area contributed by atoms with Crippen molar-refractivity contribution < 1.29 is 8.98 Å². The van der Waals surface area contributed by atoms with Crippen molar-refractivity contribution >= 4 is 23.0 Å². The van der Waals surface area contributed by atoms with Gasteiger partial charge in [0.15, 0.2) is 5.82 Å². The number of fused-ring (bicyclic) bond motifs is 2. The van der Waals surface area contributed by atoms with Crippen LogP contribution in [0.3, 0.4) is 0 Å². The van der Waals surface area contributed by atoms with Gasteiger partial charge in [0.05, 0.1) is 23.7 Å². The predicted octanol–water partition coefficient (Wildman–Crippen LogP) is 5.06. The van der Waals surface area contributed by atoms with Gasteiger partial charge in [0.1, 0.15) is 17.4 Å². The zero-order chi connectivity index (χ0) is 21.0. The predicted molar refractivity (Wildman–Crippen MR) is 120 cm³/mol. The molecule has 6 rings (SSSR count). The Balaban J connectivity index is 1.51. The number of hydrogen-bond acceptors (Lipinski definition) is 4. The van der Waals surface area contributed by atoms with E-state index in [9.17, 15) is 0 Å². The number of allylic oxidation sites excluding steroid dienone is 2. The number of halogens is 1. The van der Waals surface area contributed by atoms with Crippen molar-refractivity contribution in [2.45, 2.75) is 19.3 Å². The summed E-state index contributed by atoms with van der Waals surface area (Å²) >= 11 is 0. The largest absolute Gasteiger partial charge is 0.267 e. The van der Waals surface area contributed by atoms with Gasteiger partial charge in [-0.3, -0.25) is 4.99 Å². The quantitative estimate of drug-likeness (QED) is 0.485. The Morgan fingerprint density at radius 2 is 1.81 bits per heavy atom. The molecule has 0 spiro atoms. The Labute approximate surface area is 179 Å². The Morgan fingerprint density at radius 1 is 1.00 bits per heavy atom. The fraction of sp³-hybridized carbons (Fsp3) is 0.160. The Hall–Kier alpha value is -3.48. The second-order valence-corrected chi connectivity index (χ2v) is 8.25. The third-order valence-electron chi connectivity index (χ3n) is 6.43. The van der Waals surface area contributed by atoms with Gasteiger partial charge in [-0.25, -0.2) is 9.37 Å². The smallest absolute Gasteiger partial charge is 0.253 e. The number of amidine groups is 1. The van der Waals surface area contributed by atoms with E-state index in [4.69, 9.17) is 10.8 Å². The van der Waals surface area contributed by atoms with Crippen LogP contribution < -0.4 is 5.84 Å². The lowest BCUT2D eigenvalue weighted by Gasteiger charge is -2.28. The zero-order valence-corrected chi connectivity index (χ0v) is 16.9. The summed E-state index contributed by atoms with van der Waals surface area (Å²) in [6.07, 6.45) is 8.50. The lowest BCUT2D eigenvalue weighted by Crippen LogP contribution is -2.53. The van der Waals surface area contributed by atoms with E-state index in [2.05, 4.69) is 9.98 Å². The van der Waals surface area contributed by atoms with Gasteiger partial charge in [0, 0.05) is 16.9 Å². The lowest BCUT2D eigenvalue weighted by atomic mass is 9.82. The first-order valence-electron chi connectivity index (χ1n) is 10.5. The number of aromatic nitrogens is 1. The maximum Gasteiger partial charge on any atom is 0.267 e. The summed E-state index contributed by atoms with van der Waals surface area (Å²) in [5.41, 5.74) is 4.13. The van der Waals surface area contributed by atoms with E-state index in [1.165, 1.54) is 6.42 Å². The molecular formula is C25H21FN5+. The molecule has 3 heterocycles. The van der Waals surface area contributed by atoms with Crippen molar-refractivity contribution in [3.8, 4) is 11.3 Å². The van der Waals surface area contributed by atoms with Crippen LogP contribution in [0.25, 0.3) is 22.2 Å². The number of benzene rings is 2. The minimum Gasteiger partial charge on any atom is -0.253 e. The molecule has 0 bridgehead atoms. The molecule has 152 valence electrons. The summed E-state index contributed by atoms with van der Waals surface area (Å²) in [6.45, 7) is 0. The number of nitrogens with two attached hydrogens (primary N) is 1. The van der Waals surface area contributed by atoms with Crippen molar-refractivity contribution in [1.29, 1.82) is 0 Å². The topological polar surface area (TPSA) is 63.6 Å². The van der Waals surface area contributed by atoms with Gasteiger partial charge in [0.2, 0.25) is 5.70 Å². The first kappa shape index (κ1) is 18.3. The summed E-state index contributed by atoms with van der Waals surface area (Å²) in [5.74, 6) is 7.20. The number of aliphatic imine (C=N–C) groups is 2. The molecule has 3 aliphatic rings. The van der Waals surface area contributed by atoms with E-state index in [-0.39, 0.29) is 4.59 Å². The molecule has 0 radical (unpaired) electrons. The summed E-state index contributed by atoms with van der Waals surface area (Å²) in [4.78, 5) is 13.8. The van der Waals surface area contributed by atoms with Gasteiger partial charge >= 0.3 is 0 Å². The first-order chi connectivity index (χ1) is 15.1. The number of hydrogen-bond donors (Lipinski definition) is 1. The summed E-state index contributed by atoms with van der Waals surface area (Å²) in [7, 11) is 0. The summed E-state index contributed by atoms with van der Waals surface area (Å²) in [6, 6.07) is 17.2. The van der Waals surface area contributed by atoms with Crippen LogP contribution in [0.4, 0.5) is 4.39 Å². The molecule has 2 aromatic carbocycles. The highest BCUT2D eigenvalue weighted by Gasteiger charge is 2.47. The fourth-order valence-electron chi connectivity index (χ4n) is 4.47. The summed E-state index contributed by atoms with van der Waals surface area (Å²) in [5, 5.41) is 0.742. The minimum atomic E-state index is -0.401. The second kappa shape index (κ2) is 6.77. The number of quaternary nitrogens is 1. The SMILES string of the molecule is N[N+]12C=CN=CC1=C(C1CCC1)N=C2c1ccc2ccc(-c3ccccc3)nc2c1F.